The van der Waals surface area contributed by atoms with Gasteiger partial charge in [-0.25, -0.2) is 0 Å². The summed E-state index contributed by atoms with van der Waals surface area (Å²) in [5.74, 6) is 0. The first kappa shape index (κ1) is 32.8. The Hall–Kier alpha value is 0.787. The van der Waals surface area contributed by atoms with Crippen molar-refractivity contribution < 1.29 is 20.8 Å². The van der Waals surface area contributed by atoms with Crippen LogP contribution in [0.25, 0.3) is 0 Å². The van der Waals surface area contributed by atoms with E-state index in [-0.39, 0.29) is 0 Å². The molecule has 0 aromatic carbocycles. The van der Waals surface area contributed by atoms with Crippen LogP contribution >= 0.6 is 0 Å². The van der Waals surface area contributed by atoms with Crippen LogP contribution in [0.4, 0.5) is 4.79 Å². The molecule has 0 amide bonds. The molecule has 0 bridgehead atoms. The summed E-state index contributed by atoms with van der Waals surface area (Å²) in [6, 6.07) is 0. The molecule has 32 heavy (non-hydrogen) atoms. The Morgan fingerprint density at radius 1 is 0.844 bits per heavy atom. The fourth-order valence-corrected chi connectivity index (χ4v) is 51.0. The average Bonchev–Trinajstić information content (AvgIpc) is 2.76. The zero-order valence-electron chi connectivity index (χ0n) is 22.1. The van der Waals surface area contributed by atoms with E-state index >= 15 is 0 Å². The second kappa shape index (κ2) is 21.1. The van der Waals surface area contributed by atoms with Gasteiger partial charge in [-0.2, -0.15) is 0 Å². The summed E-state index contributed by atoms with van der Waals surface area (Å²) in [5.41, 5.74) is 0. The minimum atomic E-state index is -2.98. The van der Waals surface area contributed by atoms with Crippen LogP contribution in [0.15, 0.2) is 0 Å². The van der Waals surface area contributed by atoms with Gasteiger partial charge in [0.25, 0.3) is 0 Å². The number of hydrogen-bond donors (Lipinski definition) is 1. The molecule has 0 aromatic rings. The molecule has 192 valence electrons. The zero-order valence-corrected chi connectivity index (χ0v) is 28.3. The number of ether oxygens (including phenoxy) is 2. The first-order chi connectivity index (χ1) is 15.4. The number of rotatable bonds is 22. The molecule has 0 heterocycles. The molecule has 0 spiro atoms. The van der Waals surface area contributed by atoms with Crippen LogP contribution in [-0.4, -0.2) is 63.1 Å². The third-order valence-electron chi connectivity index (χ3n) is 6.55. The van der Waals surface area contributed by atoms with Gasteiger partial charge in [-0.05, 0) is 0 Å². The SMILES string of the molecule is CCCCOC(C[CH](C)[Sn]([CH2]CCC)([CH2]CCC)[O][SnH]([CH2]CCC)[CH2]CCC)OC(=O)O. The normalized spacial score (nSPS) is 14.0. The average molecular weight is 672 g/mol. The van der Waals surface area contributed by atoms with Gasteiger partial charge in [-0.1, -0.05) is 0 Å². The molecule has 0 saturated heterocycles. The van der Waals surface area contributed by atoms with E-state index in [2.05, 4.69) is 41.5 Å². The molecule has 0 aliphatic heterocycles. The first-order valence-corrected chi connectivity index (χ1v) is 26.4. The topological polar surface area (TPSA) is 65.0 Å². The van der Waals surface area contributed by atoms with Gasteiger partial charge in [0.15, 0.2) is 0 Å². The Balaban J connectivity index is 5.70. The van der Waals surface area contributed by atoms with Crippen molar-refractivity contribution in [2.75, 3.05) is 6.61 Å². The molecule has 5 nitrogen and oxygen atoms in total. The van der Waals surface area contributed by atoms with Crippen molar-refractivity contribution in [3.05, 3.63) is 0 Å². The first-order valence-electron chi connectivity index (χ1n) is 13.6. The second-order valence-electron chi connectivity index (χ2n) is 9.47. The summed E-state index contributed by atoms with van der Waals surface area (Å²) in [7, 11) is 0. The van der Waals surface area contributed by atoms with Gasteiger partial charge in [0, 0.05) is 0 Å². The zero-order chi connectivity index (χ0) is 24.2. The molecule has 2 unspecified atom stereocenters. The van der Waals surface area contributed by atoms with E-state index in [0.717, 1.165) is 12.8 Å². The number of unbranched alkanes of at least 4 members (excludes halogenated alkanes) is 5. The number of carboxylic acid groups (broad SMARTS) is 1. The van der Waals surface area contributed by atoms with Gasteiger partial charge in [0.1, 0.15) is 0 Å². The monoisotopic (exact) mass is 674 g/mol. The molecule has 0 fully saturated rings. The summed E-state index contributed by atoms with van der Waals surface area (Å²) < 4.78 is 24.3. The summed E-state index contributed by atoms with van der Waals surface area (Å²) >= 11 is -5.04. The third-order valence-corrected chi connectivity index (χ3v) is 42.9. The Morgan fingerprint density at radius 2 is 1.34 bits per heavy atom. The van der Waals surface area contributed by atoms with Crippen LogP contribution in [0.5, 0.6) is 0 Å². The second-order valence-corrected chi connectivity index (χ2v) is 33.2. The molecule has 2 atom stereocenters. The molecular weight excluding hydrogens is 618 g/mol. The van der Waals surface area contributed by atoms with Crippen molar-refractivity contribution in [1.82, 2.24) is 0 Å². The number of carbonyl (C=O) groups is 1. The van der Waals surface area contributed by atoms with Crippen LogP contribution < -0.4 is 0 Å². The number of hydrogen-bond acceptors (Lipinski definition) is 4. The van der Waals surface area contributed by atoms with Gasteiger partial charge in [-0.15, -0.1) is 0 Å². The van der Waals surface area contributed by atoms with E-state index in [9.17, 15) is 9.90 Å². The Labute approximate surface area is 211 Å². The van der Waals surface area contributed by atoms with E-state index in [1.54, 1.807) is 0 Å². The fraction of sp³-hybridized carbons (Fsp3) is 0.960. The molecule has 0 rings (SSSR count). The molecule has 1 N–H and O–H groups in total. The van der Waals surface area contributed by atoms with Crippen LogP contribution in [0.3, 0.4) is 0 Å². The van der Waals surface area contributed by atoms with Crippen LogP contribution in [0.1, 0.15) is 112 Å². The van der Waals surface area contributed by atoms with Crippen LogP contribution in [0, 0.1) is 0 Å². The molecule has 7 heteroatoms. The van der Waals surface area contributed by atoms with Crippen molar-refractivity contribution in [1.29, 1.82) is 0 Å². The maximum atomic E-state index is 11.3. The van der Waals surface area contributed by atoms with Gasteiger partial charge in [-0.3, -0.25) is 0 Å². The van der Waals surface area contributed by atoms with E-state index in [1.807, 2.05) is 0 Å². The van der Waals surface area contributed by atoms with Crippen molar-refractivity contribution in [3.8, 4) is 0 Å². The quantitative estimate of drug-likeness (QED) is 0.0541. The Kier molecular flexibility index (Phi) is 21.6. The van der Waals surface area contributed by atoms with Gasteiger partial charge >= 0.3 is 213 Å². The standard InChI is InChI=1S/C9H17O4.4C4H9.O.2Sn.H/c1-3-5-7-12-8(6-4-2)13-9(10)11;4*1-3-4-2;;;;/h4,8H,3,5-7H2,1-2H3,(H,10,11);4*1,3-4H2,2H3;;;;. The van der Waals surface area contributed by atoms with Gasteiger partial charge in [0.2, 0.25) is 0 Å². The van der Waals surface area contributed by atoms with Gasteiger partial charge in [0.05, 0.1) is 0 Å². The van der Waals surface area contributed by atoms with Crippen molar-refractivity contribution in [3.63, 3.8) is 0 Å². The molecule has 0 aromatic heterocycles. The maximum absolute atomic E-state index is 11.3. The summed E-state index contributed by atoms with van der Waals surface area (Å²) in [5, 5.41) is 9.27. The van der Waals surface area contributed by atoms with Gasteiger partial charge < -0.3 is 0 Å². The summed E-state index contributed by atoms with van der Waals surface area (Å²) in [6.45, 7) is 14.1. The fourth-order valence-electron chi connectivity index (χ4n) is 4.39. The predicted molar refractivity (Wildman–Crippen MR) is 141 cm³/mol. The minimum absolute atomic E-state index is 0.413. The third kappa shape index (κ3) is 14.9. The van der Waals surface area contributed by atoms with Crippen molar-refractivity contribution in [2.45, 2.75) is 140 Å². The van der Waals surface area contributed by atoms with Crippen LogP contribution in [0.2, 0.25) is 21.7 Å². The molecule has 0 aliphatic carbocycles. The predicted octanol–water partition coefficient (Wildman–Crippen LogP) is 8.49. The van der Waals surface area contributed by atoms with E-state index in [0.29, 0.717) is 17.0 Å². The van der Waals surface area contributed by atoms with Crippen molar-refractivity contribution in [2.24, 2.45) is 0 Å². The Morgan fingerprint density at radius 3 is 1.78 bits per heavy atom. The van der Waals surface area contributed by atoms with Crippen molar-refractivity contribution >= 4 is 45.1 Å². The van der Waals surface area contributed by atoms with E-state index < -0.39 is 51.4 Å². The van der Waals surface area contributed by atoms with E-state index in [1.165, 1.54) is 69.1 Å². The summed E-state index contributed by atoms with van der Waals surface area (Å²) in [6.07, 6.45) is 10.8. The van der Waals surface area contributed by atoms with E-state index in [4.69, 9.17) is 10.9 Å². The Bertz CT molecular complexity index is 434. The van der Waals surface area contributed by atoms with Crippen LogP contribution in [-0.2, 0) is 10.9 Å². The molecule has 0 radical (unpaired) electrons. The molecule has 0 saturated carbocycles. The molecule has 0 aliphatic rings. The summed E-state index contributed by atoms with van der Waals surface area (Å²) in [4.78, 5) is 11.3. The molecular formula is C25H54O5Sn2.